The van der Waals surface area contributed by atoms with Crippen molar-refractivity contribution in [1.29, 1.82) is 0 Å². The predicted octanol–water partition coefficient (Wildman–Crippen LogP) is 2.85. The van der Waals surface area contributed by atoms with Gasteiger partial charge in [0.15, 0.2) is 0 Å². The van der Waals surface area contributed by atoms with Crippen LogP contribution >= 0.6 is 11.3 Å². The number of carbonyl (C=O) groups excluding carboxylic acids is 2. The van der Waals surface area contributed by atoms with E-state index in [9.17, 15) is 9.59 Å². The molecule has 2 heterocycles. The van der Waals surface area contributed by atoms with Gasteiger partial charge in [-0.05, 0) is 25.2 Å². The molecule has 0 aromatic carbocycles. The van der Waals surface area contributed by atoms with Gasteiger partial charge in [-0.3, -0.25) is 9.59 Å². The maximum absolute atomic E-state index is 12.6. The number of likely N-dealkylation sites (N-methyl/N-ethyl adjacent to an activating group) is 1. The van der Waals surface area contributed by atoms with Gasteiger partial charge in [0.1, 0.15) is 5.01 Å². The molecule has 3 rings (SSSR count). The van der Waals surface area contributed by atoms with Crippen LogP contribution in [0.15, 0.2) is 11.6 Å². The lowest BCUT2D eigenvalue weighted by Gasteiger charge is -2.33. The van der Waals surface area contributed by atoms with Crippen LogP contribution in [0, 0.1) is 5.41 Å². The SMILES string of the molecule is C[C@@H](c1nccs1)N(C)C(=O)CN1CC2(CCCCC2)CC1=O. The average Bonchev–Trinajstić information content (AvgIpc) is 3.16. The topological polar surface area (TPSA) is 53.5 Å². The summed E-state index contributed by atoms with van der Waals surface area (Å²) in [5, 5.41) is 2.85. The molecule has 2 amide bonds. The van der Waals surface area contributed by atoms with E-state index in [1.54, 1.807) is 34.4 Å². The van der Waals surface area contributed by atoms with Crippen LogP contribution < -0.4 is 0 Å². The first-order chi connectivity index (χ1) is 11.0. The van der Waals surface area contributed by atoms with Gasteiger partial charge in [0, 0.05) is 31.6 Å². The Balaban J connectivity index is 1.60. The molecule has 1 saturated heterocycles. The molecule has 1 aromatic heterocycles. The highest BCUT2D eigenvalue weighted by atomic mass is 32.1. The van der Waals surface area contributed by atoms with Gasteiger partial charge >= 0.3 is 0 Å². The maximum Gasteiger partial charge on any atom is 0.242 e. The second-order valence-electron chi connectivity index (χ2n) is 7.04. The number of hydrogen-bond acceptors (Lipinski definition) is 4. The lowest BCUT2D eigenvalue weighted by molar-refractivity contribution is -0.138. The number of hydrogen-bond donors (Lipinski definition) is 0. The predicted molar refractivity (Wildman–Crippen MR) is 90.0 cm³/mol. The molecule has 6 heteroatoms. The second kappa shape index (κ2) is 6.59. The Bertz CT molecular complexity index is 566. The number of rotatable bonds is 4. The van der Waals surface area contributed by atoms with E-state index in [2.05, 4.69) is 4.98 Å². The molecule has 0 bridgehead atoms. The molecule has 0 N–H and O–H groups in total. The van der Waals surface area contributed by atoms with Crippen molar-refractivity contribution in [2.45, 2.75) is 51.5 Å². The Morgan fingerprint density at radius 3 is 2.83 bits per heavy atom. The fraction of sp³-hybridized carbons (Fsp3) is 0.706. The largest absolute Gasteiger partial charge is 0.335 e. The zero-order valence-corrected chi connectivity index (χ0v) is 14.8. The van der Waals surface area contributed by atoms with Crippen LogP contribution in [0.3, 0.4) is 0 Å². The first kappa shape index (κ1) is 16.4. The fourth-order valence-electron chi connectivity index (χ4n) is 3.86. The van der Waals surface area contributed by atoms with E-state index in [0.29, 0.717) is 6.42 Å². The average molecular weight is 335 g/mol. The van der Waals surface area contributed by atoms with Crippen LogP contribution in [0.5, 0.6) is 0 Å². The molecular weight excluding hydrogens is 310 g/mol. The van der Waals surface area contributed by atoms with E-state index in [1.807, 2.05) is 12.3 Å². The van der Waals surface area contributed by atoms with Crippen molar-refractivity contribution >= 4 is 23.2 Å². The van der Waals surface area contributed by atoms with Gasteiger partial charge in [0.05, 0.1) is 12.6 Å². The van der Waals surface area contributed by atoms with Crippen molar-refractivity contribution in [3.05, 3.63) is 16.6 Å². The van der Waals surface area contributed by atoms with Crippen molar-refractivity contribution in [2.24, 2.45) is 5.41 Å². The lowest BCUT2D eigenvalue weighted by atomic mass is 9.73. The Kier molecular flexibility index (Phi) is 4.71. The molecule has 1 aliphatic heterocycles. The van der Waals surface area contributed by atoms with E-state index in [4.69, 9.17) is 0 Å². The minimum atomic E-state index is -0.0520. The van der Waals surface area contributed by atoms with Gasteiger partial charge in [-0.25, -0.2) is 4.98 Å². The standard InChI is InChI=1S/C17H25N3O2S/c1-13(16-18-8-9-23-16)19(2)15(22)11-20-12-17(10-14(20)21)6-4-3-5-7-17/h8-9,13H,3-7,10-12H2,1-2H3/t13-/m0/s1. The van der Waals surface area contributed by atoms with Crippen LogP contribution in [0.25, 0.3) is 0 Å². The molecule has 1 aliphatic carbocycles. The molecule has 126 valence electrons. The Morgan fingerprint density at radius 1 is 1.43 bits per heavy atom. The molecule has 0 radical (unpaired) electrons. The minimum absolute atomic E-state index is 0.00564. The van der Waals surface area contributed by atoms with E-state index >= 15 is 0 Å². The summed E-state index contributed by atoms with van der Waals surface area (Å²) in [7, 11) is 1.80. The molecule has 23 heavy (non-hydrogen) atoms. The summed E-state index contributed by atoms with van der Waals surface area (Å²) < 4.78 is 0. The Morgan fingerprint density at radius 2 is 2.17 bits per heavy atom. The third-order valence-corrected chi connectivity index (χ3v) is 6.37. The zero-order valence-electron chi connectivity index (χ0n) is 14.0. The molecular formula is C17H25N3O2S. The molecule has 1 saturated carbocycles. The highest BCUT2D eigenvalue weighted by Crippen LogP contribution is 2.44. The number of amides is 2. The van der Waals surface area contributed by atoms with Crippen LogP contribution in [0.4, 0.5) is 0 Å². The minimum Gasteiger partial charge on any atom is -0.335 e. The van der Waals surface area contributed by atoms with Gasteiger partial charge in [-0.1, -0.05) is 19.3 Å². The molecule has 1 spiro atoms. The molecule has 2 aliphatic rings. The number of thiazole rings is 1. The number of likely N-dealkylation sites (tertiary alicyclic amines) is 1. The lowest BCUT2D eigenvalue weighted by Crippen LogP contribution is -2.41. The zero-order chi connectivity index (χ0) is 16.4. The summed E-state index contributed by atoms with van der Waals surface area (Å²) in [6, 6.07) is -0.0520. The maximum atomic E-state index is 12.6. The van der Waals surface area contributed by atoms with Crippen LogP contribution in [-0.4, -0.2) is 46.7 Å². The summed E-state index contributed by atoms with van der Waals surface area (Å²) in [4.78, 5) is 32.7. The molecule has 1 aromatic rings. The van der Waals surface area contributed by atoms with E-state index < -0.39 is 0 Å². The van der Waals surface area contributed by atoms with Gasteiger partial charge in [0.2, 0.25) is 11.8 Å². The third kappa shape index (κ3) is 3.42. The fourth-order valence-corrected chi connectivity index (χ4v) is 4.60. The first-order valence-electron chi connectivity index (χ1n) is 8.44. The van der Waals surface area contributed by atoms with Crippen molar-refractivity contribution < 1.29 is 9.59 Å². The van der Waals surface area contributed by atoms with E-state index in [0.717, 1.165) is 24.4 Å². The normalized spacial score (nSPS) is 21.7. The summed E-state index contributed by atoms with van der Waals surface area (Å²) in [5.74, 6) is 0.143. The molecule has 0 unspecified atom stereocenters. The van der Waals surface area contributed by atoms with Crippen molar-refractivity contribution in [3.8, 4) is 0 Å². The second-order valence-corrected chi connectivity index (χ2v) is 7.96. The molecule has 1 atom stereocenters. The highest BCUT2D eigenvalue weighted by Gasteiger charge is 2.44. The Labute approximate surface area is 141 Å². The van der Waals surface area contributed by atoms with Gasteiger partial charge < -0.3 is 9.80 Å². The van der Waals surface area contributed by atoms with Crippen molar-refractivity contribution in [2.75, 3.05) is 20.1 Å². The third-order valence-electron chi connectivity index (χ3n) is 5.43. The van der Waals surface area contributed by atoms with Crippen molar-refractivity contribution in [3.63, 3.8) is 0 Å². The summed E-state index contributed by atoms with van der Waals surface area (Å²) in [5.41, 5.74) is 0.148. The van der Waals surface area contributed by atoms with Gasteiger partial charge in [-0.2, -0.15) is 0 Å². The van der Waals surface area contributed by atoms with E-state index in [-0.39, 0.29) is 29.8 Å². The van der Waals surface area contributed by atoms with Crippen LogP contribution in [0.1, 0.15) is 56.5 Å². The van der Waals surface area contributed by atoms with Crippen LogP contribution in [-0.2, 0) is 9.59 Å². The van der Waals surface area contributed by atoms with Crippen molar-refractivity contribution in [1.82, 2.24) is 14.8 Å². The Hall–Kier alpha value is -1.43. The quantitative estimate of drug-likeness (QED) is 0.850. The summed E-state index contributed by atoms with van der Waals surface area (Å²) in [6.07, 6.45) is 8.37. The summed E-state index contributed by atoms with van der Waals surface area (Å²) in [6.45, 7) is 2.94. The smallest absolute Gasteiger partial charge is 0.242 e. The number of carbonyl (C=O) groups is 2. The summed E-state index contributed by atoms with van der Waals surface area (Å²) >= 11 is 1.55. The van der Waals surface area contributed by atoms with E-state index in [1.165, 1.54) is 19.3 Å². The number of aromatic nitrogens is 1. The molecule has 5 nitrogen and oxygen atoms in total. The van der Waals surface area contributed by atoms with Gasteiger partial charge in [-0.15, -0.1) is 11.3 Å². The number of nitrogens with zero attached hydrogens (tertiary/aromatic N) is 3. The monoisotopic (exact) mass is 335 g/mol. The van der Waals surface area contributed by atoms with Gasteiger partial charge in [0.25, 0.3) is 0 Å². The highest BCUT2D eigenvalue weighted by molar-refractivity contribution is 7.09. The van der Waals surface area contributed by atoms with Crippen LogP contribution in [0.2, 0.25) is 0 Å². The molecule has 2 fully saturated rings. The first-order valence-corrected chi connectivity index (χ1v) is 9.32.